The van der Waals surface area contributed by atoms with Crippen LogP contribution in [0.15, 0.2) is 12.2 Å². The Hall–Kier alpha value is -0.970. The lowest BCUT2D eigenvalue weighted by Gasteiger charge is -2.37. The van der Waals surface area contributed by atoms with E-state index in [0.717, 1.165) is 56.8 Å². The van der Waals surface area contributed by atoms with Gasteiger partial charge in [-0.1, -0.05) is 19.1 Å². The van der Waals surface area contributed by atoms with E-state index in [1.54, 1.807) is 11.8 Å². The molecule has 0 aliphatic carbocycles. The first-order valence-corrected chi connectivity index (χ1v) is 9.91. The zero-order valence-electron chi connectivity index (χ0n) is 14.6. The van der Waals surface area contributed by atoms with Crippen molar-refractivity contribution in [2.75, 3.05) is 37.7 Å². The number of piperidine rings is 2. The largest absolute Gasteiger partial charge is 0.342 e. The summed E-state index contributed by atoms with van der Waals surface area (Å²) in [6.07, 6.45) is 4.00. The number of carbonyl (C=O) groups excluding carboxylic acids is 2. The highest BCUT2D eigenvalue weighted by Crippen LogP contribution is 2.24. The molecular weight excluding hydrogens is 308 g/mol. The first-order valence-electron chi connectivity index (χ1n) is 8.76. The molecule has 0 aromatic heterocycles. The molecule has 2 heterocycles. The van der Waals surface area contributed by atoms with Crippen LogP contribution in [0.5, 0.6) is 0 Å². The van der Waals surface area contributed by atoms with Crippen LogP contribution in [0, 0.1) is 11.8 Å². The first-order chi connectivity index (χ1) is 11.0. The van der Waals surface area contributed by atoms with Crippen molar-refractivity contribution in [3.63, 3.8) is 0 Å². The average molecular weight is 339 g/mol. The monoisotopic (exact) mass is 338 g/mol. The summed E-state index contributed by atoms with van der Waals surface area (Å²) in [4.78, 5) is 28.8. The van der Waals surface area contributed by atoms with Crippen molar-refractivity contribution >= 4 is 23.6 Å². The summed E-state index contributed by atoms with van der Waals surface area (Å²) in [6, 6.07) is 0. The van der Waals surface area contributed by atoms with Crippen molar-refractivity contribution in [2.45, 2.75) is 39.5 Å². The number of nitrogens with zero attached hydrogens (tertiary/aromatic N) is 2. The second-order valence-corrected chi connectivity index (χ2v) is 8.12. The van der Waals surface area contributed by atoms with Crippen LogP contribution in [0.2, 0.25) is 0 Å². The zero-order chi connectivity index (χ0) is 16.8. The molecular formula is C18H30N2O2S. The Bertz CT molecular complexity index is 444. The summed E-state index contributed by atoms with van der Waals surface area (Å²) < 4.78 is 0. The van der Waals surface area contributed by atoms with Crippen molar-refractivity contribution in [3.8, 4) is 0 Å². The zero-order valence-corrected chi connectivity index (χ0v) is 15.4. The van der Waals surface area contributed by atoms with Crippen LogP contribution in [0.1, 0.15) is 39.5 Å². The lowest BCUT2D eigenvalue weighted by molar-refractivity contribution is -0.141. The van der Waals surface area contributed by atoms with E-state index in [0.29, 0.717) is 17.6 Å². The van der Waals surface area contributed by atoms with Gasteiger partial charge in [-0.2, -0.15) is 0 Å². The Morgan fingerprint density at radius 3 is 2.39 bits per heavy atom. The number of hydrogen-bond donors (Lipinski definition) is 0. The molecule has 23 heavy (non-hydrogen) atoms. The summed E-state index contributed by atoms with van der Waals surface area (Å²) in [7, 11) is 0. The van der Waals surface area contributed by atoms with Gasteiger partial charge >= 0.3 is 0 Å². The molecule has 2 aliphatic heterocycles. The van der Waals surface area contributed by atoms with Crippen LogP contribution in [0.4, 0.5) is 0 Å². The Balaban J connectivity index is 1.73. The standard InChI is InChI=1S/C18H30N2O2S/c1-14(2)12-23-13-17(21)19-9-6-16(7-10-19)18(22)20-8-4-5-15(3)11-20/h15-16H,1,4-13H2,2-3H3/t15-/m1/s1. The van der Waals surface area contributed by atoms with Crippen LogP contribution in [-0.4, -0.2) is 59.3 Å². The maximum absolute atomic E-state index is 12.6. The van der Waals surface area contributed by atoms with Crippen LogP contribution in [-0.2, 0) is 9.59 Å². The summed E-state index contributed by atoms with van der Waals surface area (Å²) in [6.45, 7) is 11.3. The molecule has 0 aromatic carbocycles. The van der Waals surface area contributed by atoms with E-state index in [4.69, 9.17) is 0 Å². The fourth-order valence-electron chi connectivity index (χ4n) is 3.43. The molecule has 0 bridgehead atoms. The number of hydrogen-bond acceptors (Lipinski definition) is 3. The van der Waals surface area contributed by atoms with Gasteiger partial charge in [-0.25, -0.2) is 0 Å². The molecule has 0 radical (unpaired) electrons. The van der Waals surface area contributed by atoms with Gasteiger partial charge in [0.15, 0.2) is 0 Å². The molecule has 1 atom stereocenters. The highest BCUT2D eigenvalue weighted by atomic mass is 32.2. The third kappa shape index (κ3) is 5.55. The SMILES string of the molecule is C=C(C)CSCC(=O)N1CCC(C(=O)N2CCC[C@@H](C)C2)CC1. The third-order valence-corrected chi connectivity index (χ3v) is 5.89. The lowest BCUT2D eigenvalue weighted by Crippen LogP contribution is -2.47. The van der Waals surface area contributed by atoms with Gasteiger partial charge in [0.2, 0.25) is 11.8 Å². The van der Waals surface area contributed by atoms with Crippen LogP contribution in [0.25, 0.3) is 0 Å². The number of rotatable bonds is 5. The molecule has 5 heteroatoms. The van der Waals surface area contributed by atoms with Crippen molar-refractivity contribution in [3.05, 3.63) is 12.2 Å². The van der Waals surface area contributed by atoms with Crippen molar-refractivity contribution < 1.29 is 9.59 Å². The topological polar surface area (TPSA) is 40.6 Å². The molecule has 2 saturated heterocycles. The molecule has 0 N–H and O–H groups in total. The Labute approximate surface area is 144 Å². The summed E-state index contributed by atoms with van der Waals surface area (Å²) >= 11 is 1.63. The van der Waals surface area contributed by atoms with Crippen molar-refractivity contribution in [1.29, 1.82) is 0 Å². The van der Waals surface area contributed by atoms with Gasteiger partial charge in [-0.05, 0) is 38.5 Å². The molecule has 2 amide bonds. The first kappa shape index (κ1) is 18.4. The predicted molar refractivity (Wildman–Crippen MR) is 96.4 cm³/mol. The minimum Gasteiger partial charge on any atom is -0.342 e. The van der Waals surface area contributed by atoms with Gasteiger partial charge in [-0.15, -0.1) is 11.8 Å². The minimum atomic E-state index is 0.118. The van der Waals surface area contributed by atoms with Gasteiger partial charge in [0.05, 0.1) is 5.75 Å². The Kier molecular flexibility index (Phi) is 7.00. The highest BCUT2D eigenvalue weighted by Gasteiger charge is 2.31. The molecule has 0 unspecified atom stereocenters. The van der Waals surface area contributed by atoms with Crippen LogP contribution >= 0.6 is 11.8 Å². The Morgan fingerprint density at radius 1 is 1.09 bits per heavy atom. The fraction of sp³-hybridized carbons (Fsp3) is 0.778. The van der Waals surface area contributed by atoms with E-state index in [-0.39, 0.29) is 11.8 Å². The van der Waals surface area contributed by atoms with E-state index in [9.17, 15) is 9.59 Å². The van der Waals surface area contributed by atoms with Gasteiger partial charge in [0.1, 0.15) is 0 Å². The van der Waals surface area contributed by atoms with Crippen LogP contribution < -0.4 is 0 Å². The van der Waals surface area contributed by atoms with Gasteiger partial charge in [0.25, 0.3) is 0 Å². The van der Waals surface area contributed by atoms with Crippen molar-refractivity contribution in [1.82, 2.24) is 9.80 Å². The molecule has 130 valence electrons. The molecule has 4 nitrogen and oxygen atoms in total. The molecule has 2 rings (SSSR count). The molecule has 0 saturated carbocycles. The fourth-order valence-corrected chi connectivity index (χ4v) is 4.24. The van der Waals surface area contributed by atoms with E-state index in [1.807, 2.05) is 11.8 Å². The maximum atomic E-state index is 12.6. The normalized spacial score (nSPS) is 23.0. The molecule has 0 spiro atoms. The van der Waals surface area contributed by atoms with Gasteiger partial charge in [0, 0.05) is 37.8 Å². The lowest BCUT2D eigenvalue weighted by atomic mass is 9.93. The second kappa shape index (κ2) is 8.76. The summed E-state index contributed by atoms with van der Waals surface area (Å²) in [5.41, 5.74) is 1.10. The smallest absolute Gasteiger partial charge is 0.232 e. The van der Waals surface area contributed by atoms with Crippen molar-refractivity contribution in [2.24, 2.45) is 11.8 Å². The van der Waals surface area contributed by atoms with E-state index < -0.39 is 0 Å². The second-order valence-electron chi connectivity index (χ2n) is 7.14. The van der Waals surface area contributed by atoms with Gasteiger partial charge < -0.3 is 9.80 Å². The highest BCUT2D eigenvalue weighted by molar-refractivity contribution is 8.00. The maximum Gasteiger partial charge on any atom is 0.232 e. The molecule has 2 fully saturated rings. The number of amides is 2. The van der Waals surface area contributed by atoms with E-state index >= 15 is 0 Å². The predicted octanol–water partition coefficient (Wildman–Crippen LogP) is 2.79. The number of thioether (sulfide) groups is 1. The Morgan fingerprint density at radius 2 is 1.78 bits per heavy atom. The van der Waals surface area contributed by atoms with E-state index in [2.05, 4.69) is 18.4 Å². The molecule has 0 aromatic rings. The van der Waals surface area contributed by atoms with Gasteiger partial charge in [-0.3, -0.25) is 9.59 Å². The van der Waals surface area contributed by atoms with Crippen LogP contribution in [0.3, 0.4) is 0 Å². The number of carbonyl (C=O) groups is 2. The average Bonchev–Trinajstić information content (AvgIpc) is 2.54. The van der Waals surface area contributed by atoms with E-state index in [1.165, 1.54) is 6.42 Å². The third-order valence-electron chi connectivity index (χ3n) is 4.74. The number of likely N-dealkylation sites (tertiary alicyclic amines) is 2. The molecule has 2 aliphatic rings. The summed E-state index contributed by atoms with van der Waals surface area (Å²) in [5.74, 6) is 2.63. The minimum absolute atomic E-state index is 0.118. The summed E-state index contributed by atoms with van der Waals surface area (Å²) in [5, 5.41) is 0. The quantitative estimate of drug-likeness (QED) is 0.724.